The number of hydrogen-bond acceptors (Lipinski definition) is 4. The molecule has 0 saturated carbocycles. The third-order valence-corrected chi connectivity index (χ3v) is 3.16. The number of rotatable bonds is 7. The molecule has 1 aromatic carbocycles. The third kappa shape index (κ3) is 4.89. The maximum absolute atomic E-state index is 11.4. The Labute approximate surface area is 114 Å². The molecule has 5 nitrogen and oxygen atoms in total. The van der Waals surface area contributed by atoms with Crippen LogP contribution in [0.1, 0.15) is 12.0 Å². The number of likely N-dealkylation sites (N-methyl/N-ethyl adjacent to an activating group) is 1. The first-order chi connectivity index (χ1) is 9.10. The zero-order valence-electron chi connectivity index (χ0n) is 11.8. The molecule has 106 valence electrons. The Morgan fingerprint density at radius 2 is 2.26 bits per heavy atom. The molecular formula is C14H23N3O2. The Balaban J connectivity index is 2.65. The number of amides is 1. The van der Waals surface area contributed by atoms with Crippen molar-refractivity contribution in [3.63, 3.8) is 0 Å². The lowest BCUT2D eigenvalue weighted by atomic mass is 10.1. The summed E-state index contributed by atoms with van der Waals surface area (Å²) in [6.07, 6.45) is 0.410. The summed E-state index contributed by atoms with van der Waals surface area (Å²) in [4.78, 5) is 13.5. The zero-order valence-corrected chi connectivity index (χ0v) is 11.8. The fourth-order valence-corrected chi connectivity index (χ4v) is 1.92. The standard InChI is InChI=1S/C14H23N3O2/c1-16-14(18)8-12(9-15)17(2)10-11-5-4-6-13(7-11)19-3/h4-7,12H,8-10,15H2,1-3H3,(H,16,18). The highest BCUT2D eigenvalue weighted by molar-refractivity contribution is 5.76. The number of hydrogen-bond donors (Lipinski definition) is 2. The number of nitrogens with one attached hydrogen (secondary N) is 1. The van der Waals surface area contributed by atoms with Gasteiger partial charge in [0.2, 0.25) is 5.91 Å². The lowest BCUT2D eigenvalue weighted by Gasteiger charge is -2.26. The Morgan fingerprint density at radius 3 is 2.84 bits per heavy atom. The van der Waals surface area contributed by atoms with Gasteiger partial charge in [-0.05, 0) is 24.7 Å². The third-order valence-electron chi connectivity index (χ3n) is 3.16. The molecule has 0 aliphatic carbocycles. The fourth-order valence-electron chi connectivity index (χ4n) is 1.92. The van der Waals surface area contributed by atoms with Crippen LogP contribution in [-0.2, 0) is 11.3 Å². The van der Waals surface area contributed by atoms with Gasteiger partial charge in [0.15, 0.2) is 0 Å². The molecule has 0 aromatic heterocycles. The number of ether oxygens (including phenoxy) is 1. The first kappa shape index (κ1) is 15.5. The van der Waals surface area contributed by atoms with Crippen molar-refractivity contribution in [2.45, 2.75) is 19.0 Å². The lowest BCUT2D eigenvalue weighted by molar-refractivity contribution is -0.121. The number of benzene rings is 1. The van der Waals surface area contributed by atoms with Gasteiger partial charge in [-0.1, -0.05) is 12.1 Å². The molecule has 0 radical (unpaired) electrons. The second-order valence-corrected chi connectivity index (χ2v) is 4.53. The van der Waals surface area contributed by atoms with Crippen molar-refractivity contribution in [2.24, 2.45) is 5.73 Å². The number of nitrogens with two attached hydrogens (primary N) is 1. The summed E-state index contributed by atoms with van der Waals surface area (Å²) in [5.74, 6) is 0.842. The van der Waals surface area contributed by atoms with Crippen molar-refractivity contribution >= 4 is 5.91 Å². The van der Waals surface area contributed by atoms with Gasteiger partial charge in [-0.15, -0.1) is 0 Å². The van der Waals surface area contributed by atoms with Gasteiger partial charge in [-0.2, -0.15) is 0 Å². The van der Waals surface area contributed by atoms with Gasteiger partial charge in [0.05, 0.1) is 7.11 Å². The van der Waals surface area contributed by atoms with Gasteiger partial charge < -0.3 is 15.8 Å². The molecule has 0 aliphatic rings. The molecule has 0 heterocycles. The molecule has 0 fully saturated rings. The van der Waals surface area contributed by atoms with Crippen molar-refractivity contribution < 1.29 is 9.53 Å². The summed E-state index contributed by atoms with van der Waals surface area (Å²) in [5.41, 5.74) is 6.88. The topological polar surface area (TPSA) is 67.6 Å². The van der Waals surface area contributed by atoms with Crippen molar-refractivity contribution in [3.05, 3.63) is 29.8 Å². The van der Waals surface area contributed by atoms with E-state index in [0.717, 1.165) is 17.9 Å². The molecule has 3 N–H and O–H groups in total. The van der Waals surface area contributed by atoms with Crippen LogP contribution in [0.2, 0.25) is 0 Å². The summed E-state index contributed by atoms with van der Waals surface area (Å²) in [7, 11) is 5.26. The van der Waals surface area contributed by atoms with Crippen molar-refractivity contribution in [1.82, 2.24) is 10.2 Å². The molecule has 1 amide bonds. The van der Waals surface area contributed by atoms with Crippen LogP contribution >= 0.6 is 0 Å². The quantitative estimate of drug-likeness (QED) is 0.757. The molecule has 19 heavy (non-hydrogen) atoms. The molecule has 1 unspecified atom stereocenters. The number of nitrogens with zero attached hydrogens (tertiary/aromatic N) is 1. The van der Waals surface area contributed by atoms with E-state index in [1.807, 2.05) is 31.3 Å². The summed E-state index contributed by atoms with van der Waals surface area (Å²) >= 11 is 0. The maximum atomic E-state index is 11.4. The van der Waals surface area contributed by atoms with Crippen LogP contribution < -0.4 is 15.8 Å². The second-order valence-electron chi connectivity index (χ2n) is 4.53. The van der Waals surface area contributed by atoms with Gasteiger partial charge in [0, 0.05) is 32.6 Å². The molecule has 1 atom stereocenters. The molecule has 5 heteroatoms. The van der Waals surface area contributed by atoms with E-state index >= 15 is 0 Å². The normalized spacial score (nSPS) is 12.3. The zero-order chi connectivity index (χ0) is 14.3. The van der Waals surface area contributed by atoms with Crippen molar-refractivity contribution in [1.29, 1.82) is 0 Å². The fraction of sp³-hybridized carbons (Fsp3) is 0.500. The summed E-state index contributed by atoms with van der Waals surface area (Å²) < 4.78 is 5.20. The first-order valence-corrected chi connectivity index (χ1v) is 6.34. The van der Waals surface area contributed by atoms with Crippen molar-refractivity contribution in [2.75, 3.05) is 27.7 Å². The summed E-state index contributed by atoms with van der Waals surface area (Å²) in [6.45, 7) is 1.18. The number of carbonyl (C=O) groups is 1. The molecule has 0 saturated heterocycles. The highest BCUT2D eigenvalue weighted by Crippen LogP contribution is 2.15. The predicted molar refractivity (Wildman–Crippen MR) is 76.0 cm³/mol. The summed E-state index contributed by atoms with van der Waals surface area (Å²) in [5, 5.41) is 2.63. The number of methoxy groups -OCH3 is 1. The average Bonchev–Trinajstić information content (AvgIpc) is 2.44. The van der Waals surface area contributed by atoms with Gasteiger partial charge >= 0.3 is 0 Å². The van der Waals surface area contributed by atoms with Gasteiger partial charge in [-0.3, -0.25) is 9.69 Å². The largest absolute Gasteiger partial charge is 0.497 e. The molecular weight excluding hydrogens is 242 g/mol. The van der Waals surface area contributed by atoms with E-state index in [1.165, 1.54) is 0 Å². The van der Waals surface area contributed by atoms with Crippen molar-refractivity contribution in [3.8, 4) is 5.75 Å². The van der Waals surface area contributed by atoms with E-state index in [4.69, 9.17) is 10.5 Å². The van der Waals surface area contributed by atoms with Crippen LogP contribution in [0.4, 0.5) is 0 Å². The minimum absolute atomic E-state index is 0.00735. The molecule has 0 bridgehead atoms. The Hall–Kier alpha value is -1.59. The highest BCUT2D eigenvalue weighted by Gasteiger charge is 2.16. The van der Waals surface area contributed by atoms with Crippen LogP contribution in [0.3, 0.4) is 0 Å². The van der Waals surface area contributed by atoms with Gasteiger partial charge in [-0.25, -0.2) is 0 Å². The van der Waals surface area contributed by atoms with E-state index in [1.54, 1.807) is 14.2 Å². The van der Waals surface area contributed by atoms with Gasteiger partial charge in [0.1, 0.15) is 5.75 Å². The molecule has 1 rings (SSSR count). The van der Waals surface area contributed by atoms with E-state index in [2.05, 4.69) is 10.2 Å². The van der Waals surface area contributed by atoms with Crippen LogP contribution in [0, 0.1) is 0 Å². The number of carbonyl (C=O) groups excluding carboxylic acids is 1. The Bertz CT molecular complexity index is 409. The van der Waals surface area contributed by atoms with E-state index in [0.29, 0.717) is 13.0 Å². The molecule has 0 spiro atoms. The molecule has 1 aromatic rings. The van der Waals surface area contributed by atoms with Crippen LogP contribution in [-0.4, -0.2) is 44.6 Å². The highest BCUT2D eigenvalue weighted by atomic mass is 16.5. The maximum Gasteiger partial charge on any atom is 0.221 e. The minimum atomic E-state index is 0.00735. The van der Waals surface area contributed by atoms with E-state index < -0.39 is 0 Å². The van der Waals surface area contributed by atoms with Gasteiger partial charge in [0.25, 0.3) is 0 Å². The minimum Gasteiger partial charge on any atom is -0.497 e. The second kappa shape index (κ2) is 7.76. The average molecular weight is 265 g/mol. The van der Waals surface area contributed by atoms with E-state index in [-0.39, 0.29) is 11.9 Å². The Morgan fingerprint density at radius 1 is 1.53 bits per heavy atom. The van der Waals surface area contributed by atoms with Crippen LogP contribution in [0.15, 0.2) is 24.3 Å². The van der Waals surface area contributed by atoms with Crippen LogP contribution in [0.5, 0.6) is 5.75 Å². The van der Waals surface area contributed by atoms with Crippen LogP contribution in [0.25, 0.3) is 0 Å². The lowest BCUT2D eigenvalue weighted by Crippen LogP contribution is -2.41. The Kier molecular flexibility index (Phi) is 6.32. The molecule has 0 aliphatic heterocycles. The first-order valence-electron chi connectivity index (χ1n) is 6.34. The van der Waals surface area contributed by atoms with E-state index in [9.17, 15) is 4.79 Å². The predicted octanol–water partition coefficient (Wildman–Crippen LogP) is 0.590. The summed E-state index contributed by atoms with van der Waals surface area (Å²) in [6, 6.07) is 7.93. The monoisotopic (exact) mass is 265 g/mol. The SMILES string of the molecule is CNC(=O)CC(CN)N(C)Cc1cccc(OC)c1. The smallest absolute Gasteiger partial charge is 0.221 e.